The molecular weight excluding hydrogens is 328 g/mol. The van der Waals surface area contributed by atoms with E-state index in [0.717, 1.165) is 5.56 Å². The molecule has 0 saturated carbocycles. The number of hydrogen-bond donors (Lipinski definition) is 2. The van der Waals surface area contributed by atoms with Gasteiger partial charge in [0.15, 0.2) is 0 Å². The normalized spacial score (nSPS) is 13.6. The molecule has 0 aliphatic carbocycles. The number of carboxylic acid groups (broad SMARTS) is 1. The second-order valence-corrected chi connectivity index (χ2v) is 6.95. The number of alkyl carbamates (subject to hydrolysis) is 1. The number of benzene rings is 1. The summed E-state index contributed by atoms with van der Waals surface area (Å²) in [5.41, 5.74) is 0.0592. The van der Waals surface area contributed by atoms with Gasteiger partial charge in [-0.25, -0.2) is 4.79 Å². The molecule has 0 heterocycles. The summed E-state index contributed by atoms with van der Waals surface area (Å²) in [6.45, 7) is 6.76. The Balaban J connectivity index is 2.84. The van der Waals surface area contributed by atoms with E-state index in [-0.39, 0.29) is 12.1 Å². The summed E-state index contributed by atoms with van der Waals surface area (Å²) in [6.07, 6.45) is -0.0718. The summed E-state index contributed by atoms with van der Waals surface area (Å²) in [5.74, 6) is -1.61. The Labute approximate surface area is 146 Å². The number of ether oxygens (including phenoxy) is 1. The van der Waals surface area contributed by atoms with Gasteiger partial charge in [-0.2, -0.15) is 0 Å². The Hall–Kier alpha value is -2.64. The van der Waals surface area contributed by atoms with E-state index < -0.39 is 34.5 Å². The van der Waals surface area contributed by atoms with Crippen molar-refractivity contribution in [2.24, 2.45) is 5.92 Å². The van der Waals surface area contributed by atoms with Crippen molar-refractivity contribution in [1.29, 1.82) is 0 Å². The molecule has 0 saturated heterocycles. The Bertz CT molecular complexity index is 621. The zero-order valence-electron chi connectivity index (χ0n) is 14.8. The first-order chi connectivity index (χ1) is 11.5. The van der Waals surface area contributed by atoms with Crippen LogP contribution in [0.15, 0.2) is 24.3 Å². The van der Waals surface area contributed by atoms with Crippen LogP contribution in [0.4, 0.5) is 10.5 Å². The van der Waals surface area contributed by atoms with E-state index in [1.165, 1.54) is 12.1 Å². The molecule has 1 aromatic rings. The molecule has 25 heavy (non-hydrogen) atoms. The molecule has 1 aromatic carbocycles. The highest BCUT2D eigenvalue weighted by atomic mass is 16.6. The number of nitrogens with one attached hydrogen (secondary N) is 1. The van der Waals surface area contributed by atoms with E-state index in [1.807, 2.05) is 0 Å². The molecule has 0 aliphatic heterocycles. The Morgan fingerprint density at radius 2 is 1.84 bits per heavy atom. The van der Waals surface area contributed by atoms with E-state index in [2.05, 4.69) is 5.32 Å². The number of nitrogens with zero attached hydrogens (tertiary/aromatic N) is 1. The van der Waals surface area contributed by atoms with Gasteiger partial charge < -0.3 is 15.2 Å². The Morgan fingerprint density at radius 1 is 1.28 bits per heavy atom. The first-order valence-electron chi connectivity index (χ1n) is 7.93. The summed E-state index contributed by atoms with van der Waals surface area (Å²) in [6, 6.07) is 5.46. The van der Waals surface area contributed by atoms with E-state index in [1.54, 1.807) is 39.8 Å². The molecule has 0 aliphatic rings. The lowest BCUT2D eigenvalue weighted by molar-refractivity contribution is -0.384. The summed E-state index contributed by atoms with van der Waals surface area (Å²) in [7, 11) is 0. The van der Waals surface area contributed by atoms with Crippen LogP contribution < -0.4 is 5.32 Å². The molecule has 2 N–H and O–H groups in total. The number of nitro groups is 1. The summed E-state index contributed by atoms with van der Waals surface area (Å²) in [5, 5.41) is 22.5. The molecule has 0 aromatic heterocycles. The molecule has 0 radical (unpaired) electrons. The van der Waals surface area contributed by atoms with Gasteiger partial charge in [-0.3, -0.25) is 14.9 Å². The maximum Gasteiger partial charge on any atom is 0.407 e. The monoisotopic (exact) mass is 352 g/mol. The molecule has 0 fully saturated rings. The van der Waals surface area contributed by atoms with Crippen LogP contribution in [0.25, 0.3) is 0 Å². The molecule has 0 unspecified atom stereocenters. The summed E-state index contributed by atoms with van der Waals surface area (Å²) >= 11 is 0. The van der Waals surface area contributed by atoms with Gasteiger partial charge in [-0.1, -0.05) is 19.1 Å². The number of carbonyl (C=O) groups excluding carboxylic acids is 1. The van der Waals surface area contributed by atoms with Crippen molar-refractivity contribution in [3.05, 3.63) is 39.9 Å². The van der Waals surface area contributed by atoms with E-state index in [4.69, 9.17) is 9.84 Å². The zero-order chi connectivity index (χ0) is 19.2. The summed E-state index contributed by atoms with van der Waals surface area (Å²) in [4.78, 5) is 33.3. The highest BCUT2D eigenvalue weighted by Gasteiger charge is 2.23. The summed E-state index contributed by atoms with van der Waals surface area (Å²) < 4.78 is 5.21. The molecule has 0 spiro atoms. The minimum atomic E-state index is -0.959. The largest absolute Gasteiger partial charge is 0.481 e. The fourth-order valence-corrected chi connectivity index (χ4v) is 2.23. The molecule has 2 atom stereocenters. The molecule has 138 valence electrons. The second-order valence-electron chi connectivity index (χ2n) is 6.95. The van der Waals surface area contributed by atoms with Gasteiger partial charge in [0.1, 0.15) is 5.60 Å². The van der Waals surface area contributed by atoms with Crippen LogP contribution >= 0.6 is 0 Å². The quantitative estimate of drug-likeness (QED) is 0.575. The number of carboxylic acids is 1. The van der Waals surface area contributed by atoms with Crippen molar-refractivity contribution >= 4 is 17.7 Å². The fraction of sp³-hybridized carbons (Fsp3) is 0.529. The zero-order valence-corrected chi connectivity index (χ0v) is 14.8. The number of aliphatic carboxylic acids is 1. The van der Waals surface area contributed by atoms with E-state index in [0.29, 0.717) is 6.42 Å². The first-order valence-corrected chi connectivity index (χ1v) is 7.93. The third kappa shape index (κ3) is 7.65. The van der Waals surface area contributed by atoms with Gasteiger partial charge in [0.05, 0.1) is 10.8 Å². The standard InChI is InChI=1S/C17H24N2O6/c1-11(15(20)21)9-13(18-16(22)25-17(2,3)4)10-12-5-7-14(8-6-12)19(23)24/h5-8,11,13H,9-10H2,1-4H3,(H,18,22)(H,20,21)/t11-,13+/m0/s1. The number of carbonyl (C=O) groups is 2. The van der Waals surface area contributed by atoms with Crippen LogP contribution in [0.2, 0.25) is 0 Å². The molecule has 0 bridgehead atoms. The molecule has 8 nitrogen and oxygen atoms in total. The highest BCUT2D eigenvalue weighted by molar-refractivity contribution is 5.70. The molecule has 1 rings (SSSR count). The van der Waals surface area contributed by atoms with Crippen LogP contribution in [0, 0.1) is 16.0 Å². The molecular formula is C17H24N2O6. The molecule has 1 amide bonds. The lowest BCUT2D eigenvalue weighted by Crippen LogP contribution is -2.41. The Kier molecular flexibility index (Phi) is 6.90. The predicted octanol–water partition coefficient (Wildman–Crippen LogP) is 3.14. The van der Waals surface area contributed by atoms with Gasteiger partial charge in [-0.05, 0) is 39.2 Å². The van der Waals surface area contributed by atoms with Crippen LogP contribution in [0.3, 0.4) is 0 Å². The predicted molar refractivity (Wildman–Crippen MR) is 91.4 cm³/mol. The molecule has 8 heteroatoms. The van der Waals surface area contributed by atoms with Crippen LogP contribution in [-0.4, -0.2) is 33.7 Å². The maximum absolute atomic E-state index is 12.0. The Morgan fingerprint density at radius 3 is 2.28 bits per heavy atom. The third-order valence-corrected chi connectivity index (χ3v) is 3.41. The average molecular weight is 352 g/mol. The van der Waals surface area contributed by atoms with Crippen molar-refractivity contribution in [3.63, 3.8) is 0 Å². The minimum absolute atomic E-state index is 0.0284. The minimum Gasteiger partial charge on any atom is -0.481 e. The van der Waals surface area contributed by atoms with Gasteiger partial charge in [0.25, 0.3) is 5.69 Å². The van der Waals surface area contributed by atoms with Crippen LogP contribution in [-0.2, 0) is 16.0 Å². The van der Waals surface area contributed by atoms with Crippen molar-refractivity contribution < 1.29 is 24.4 Å². The number of amides is 1. The first kappa shape index (κ1) is 20.4. The van der Waals surface area contributed by atoms with Crippen molar-refractivity contribution in [3.8, 4) is 0 Å². The number of non-ortho nitro benzene ring substituents is 1. The highest BCUT2D eigenvalue weighted by Crippen LogP contribution is 2.17. The number of hydrogen-bond acceptors (Lipinski definition) is 5. The third-order valence-electron chi connectivity index (χ3n) is 3.41. The topological polar surface area (TPSA) is 119 Å². The van der Waals surface area contributed by atoms with Gasteiger partial charge >= 0.3 is 12.1 Å². The van der Waals surface area contributed by atoms with Crippen LogP contribution in [0.5, 0.6) is 0 Å². The van der Waals surface area contributed by atoms with E-state index in [9.17, 15) is 19.7 Å². The van der Waals surface area contributed by atoms with Crippen molar-refractivity contribution in [1.82, 2.24) is 5.32 Å². The smallest absolute Gasteiger partial charge is 0.407 e. The number of rotatable bonds is 7. The number of nitro benzene ring substituents is 1. The average Bonchev–Trinajstić information content (AvgIpc) is 2.45. The van der Waals surface area contributed by atoms with Crippen LogP contribution in [0.1, 0.15) is 39.7 Å². The van der Waals surface area contributed by atoms with Gasteiger partial charge in [0, 0.05) is 18.2 Å². The van der Waals surface area contributed by atoms with Gasteiger partial charge in [-0.15, -0.1) is 0 Å². The SMILES string of the molecule is C[C@@H](C[C@H](Cc1ccc([N+](=O)[O-])cc1)NC(=O)OC(C)(C)C)C(=O)O. The lowest BCUT2D eigenvalue weighted by Gasteiger charge is -2.24. The lowest BCUT2D eigenvalue weighted by atomic mass is 9.96. The van der Waals surface area contributed by atoms with Gasteiger partial charge in [0.2, 0.25) is 0 Å². The second kappa shape index (κ2) is 8.46. The van der Waals surface area contributed by atoms with Crippen molar-refractivity contribution in [2.45, 2.75) is 52.2 Å². The van der Waals surface area contributed by atoms with E-state index >= 15 is 0 Å². The maximum atomic E-state index is 12.0. The van der Waals surface area contributed by atoms with Crippen molar-refractivity contribution in [2.75, 3.05) is 0 Å². The fourth-order valence-electron chi connectivity index (χ4n) is 2.23.